The molecule has 0 saturated heterocycles. The number of esters is 1. The Morgan fingerprint density at radius 1 is 1.23 bits per heavy atom. The Hall–Kier alpha value is -1.81. The van der Waals surface area contributed by atoms with Gasteiger partial charge in [0.05, 0.1) is 12.6 Å². The third kappa shape index (κ3) is 4.88. The summed E-state index contributed by atoms with van der Waals surface area (Å²) >= 11 is 5.99. The summed E-state index contributed by atoms with van der Waals surface area (Å²) in [6.45, 7) is 0.903. The Bertz CT molecular complexity index is 631. The second kappa shape index (κ2) is 8.59. The standard InChI is InChI=1S/C17H21ClN2O2/c1-22-17(21)6-4-2-3-5-10-19-15-9-11-20-16-12-13(18)7-8-14(15)16/h7-9,11-12H,2-6,10H2,1H3,(H,19,20). The van der Waals surface area contributed by atoms with Crippen LogP contribution < -0.4 is 5.32 Å². The number of nitrogens with zero attached hydrogens (tertiary/aromatic N) is 1. The molecule has 0 fully saturated rings. The Morgan fingerprint density at radius 3 is 2.86 bits per heavy atom. The van der Waals surface area contributed by atoms with Crippen LogP contribution in [0.15, 0.2) is 30.5 Å². The number of rotatable bonds is 8. The van der Waals surface area contributed by atoms with Crippen LogP contribution in [-0.4, -0.2) is 24.6 Å². The minimum Gasteiger partial charge on any atom is -0.469 e. The first-order valence-electron chi connectivity index (χ1n) is 7.55. The van der Waals surface area contributed by atoms with Crippen LogP contribution in [0.5, 0.6) is 0 Å². The second-order valence-electron chi connectivity index (χ2n) is 5.19. The van der Waals surface area contributed by atoms with Crippen molar-refractivity contribution in [2.45, 2.75) is 32.1 Å². The van der Waals surface area contributed by atoms with Gasteiger partial charge in [0.15, 0.2) is 0 Å². The fourth-order valence-corrected chi connectivity index (χ4v) is 2.51. The number of hydrogen-bond acceptors (Lipinski definition) is 4. The normalized spacial score (nSPS) is 10.6. The van der Waals surface area contributed by atoms with Gasteiger partial charge in [0, 0.05) is 35.3 Å². The first kappa shape index (κ1) is 16.6. The third-order valence-electron chi connectivity index (χ3n) is 3.56. The molecule has 1 N–H and O–H groups in total. The maximum atomic E-state index is 11.0. The second-order valence-corrected chi connectivity index (χ2v) is 5.62. The molecule has 1 aromatic carbocycles. The number of aromatic nitrogens is 1. The largest absolute Gasteiger partial charge is 0.469 e. The van der Waals surface area contributed by atoms with E-state index in [2.05, 4.69) is 15.0 Å². The van der Waals surface area contributed by atoms with E-state index in [-0.39, 0.29) is 5.97 Å². The fraction of sp³-hybridized carbons (Fsp3) is 0.412. The molecule has 0 amide bonds. The summed E-state index contributed by atoms with van der Waals surface area (Å²) in [4.78, 5) is 15.3. The van der Waals surface area contributed by atoms with Crippen LogP contribution in [0.2, 0.25) is 5.02 Å². The van der Waals surface area contributed by atoms with E-state index in [1.165, 1.54) is 7.11 Å². The summed E-state index contributed by atoms with van der Waals surface area (Å²) in [7, 11) is 1.43. The number of anilines is 1. The molecule has 1 aromatic heterocycles. The smallest absolute Gasteiger partial charge is 0.305 e. The van der Waals surface area contributed by atoms with Crippen LogP contribution in [-0.2, 0) is 9.53 Å². The molecule has 0 bridgehead atoms. The highest BCUT2D eigenvalue weighted by Gasteiger charge is 2.02. The molecule has 2 rings (SSSR count). The van der Waals surface area contributed by atoms with E-state index in [4.69, 9.17) is 11.6 Å². The van der Waals surface area contributed by atoms with Crippen LogP contribution in [0.3, 0.4) is 0 Å². The zero-order chi connectivity index (χ0) is 15.8. The van der Waals surface area contributed by atoms with Crippen molar-refractivity contribution < 1.29 is 9.53 Å². The summed E-state index contributed by atoms with van der Waals surface area (Å²) in [6, 6.07) is 7.72. The number of halogens is 1. The lowest BCUT2D eigenvalue weighted by Crippen LogP contribution is -2.03. The average Bonchev–Trinajstić information content (AvgIpc) is 2.53. The Labute approximate surface area is 135 Å². The SMILES string of the molecule is COC(=O)CCCCCCNc1ccnc2cc(Cl)ccc12. The minimum absolute atomic E-state index is 0.125. The van der Waals surface area contributed by atoms with Crippen molar-refractivity contribution >= 4 is 34.2 Å². The topological polar surface area (TPSA) is 51.2 Å². The van der Waals surface area contributed by atoms with Crippen molar-refractivity contribution in [3.05, 3.63) is 35.5 Å². The summed E-state index contributed by atoms with van der Waals surface area (Å²) in [6.07, 6.45) is 6.40. The molecule has 5 heteroatoms. The van der Waals surface area contributed by atoms with Gasteiger partial charge in [-0.15, -0.1) is 0 Å². The monoisotopic (exact) mass is 320 g/mol. The molecule has 2 aromatic rings. The molecule has 0 spiro atoms. The third-order valence-corrected chi connectivity index (χ3v) is 3.79. The maximum absolute atomic E-state index is 11.0. The number of ether oxygens (including phenoxy) is 1. The van der Waals surface area contributed by atoms with Crippen molar-refractivity contribution in [2.75, 3.05) is 19.0 Å². The lowest BCUT2D eigenvalue weighted by atomic mass is 10.1. The van der Waals surface area contributed by atoms with E-state index in [1.807, 2.05) is 24.3 Å². The van der Waals surface area contributed by atoms with E-state index in [9.17, 15) is 4.79 Å². The predicted octanol–water partition coefficient (Wildman–Crippen LogP) is 4.42. The number of methoxy groups -OCH3 is 1. The van der Waals surface area contributed by atoms with Gasteiger partial charge in [-0.2, -0.15) is 0 Å². The van der Waals surface area contributed by atoms with E-state index >= 15 is 0 Å². The Kier molecular flexibility index (Phi) is 6.46. The highest BCUT2D eigenvalue weighted by molar-refractivity contribution is 6.31. The van der Waals surface area contributed by atoms with Gasteiger partial charge in [-0.1, -0.05) is 24.4 Å². The molecule has 0 aliphatic heterocycles. The minimum atomic E-state index is -0.125. The molecule has 0 atom stereocenters. The van der Waals surface area contributed by atoms with Gasteiger partial charge in [-0.05, 0) is 37.1 Å². The zero-order valence-corrected chi connectivity index (χ0v) is 13.5. The molecular weight excluding hydrogens is 300 g/mol. The summed E-state index contributed by atoms with van der Waals surface area (Å²) in [5.41, 5.74) is 1.98. The predicted molar refractivity (Wildman–Crippen MR) is 90.3 cm³/mol. The van der Waals surface area contributed by atoms with Gasteiger partial charge >= 0.3 is 5.97 Å². The van der Waals surface area contributed by atoms with Gasteiger partial charge in [0.25, 0.3) is 0 Å². The average molecular weight is 321 g/mol. The number of nitrogens with one attached hydrogen (secondary N) is 1. The van der Waals surface area contributed by atoms with E-state index in [0.717, 1.165) is 48.8 Å². The molecule has 1 heterocycles. The number of pyridine rings is 1. The molecule has 4 nitrogen and oxygen atoms in total. The van der Waals surface area contributed by atoms with Crippen LogP contribution in [0, 0.1) is 0 Å². The number of benzene rings is 1. The number of hydrogen-bond donors (Lipinski definition) is 1. The number of carbonyl (C=O) groups is 1. The summed E-state index contributed by atoms with van der Waals surface area (Å²) in [5.74, 6) is -0.125. The van der Waals surface area contributed by atoms with Crippen LogP contribution in [0.25, 0.3) is 10.9 Å². The summed E-state index contributed by atoms with van der Waals surface area (Å²) < 4.78 is 4.62. The van der Waals surface area contributed by atoms with Crippen molar-refractivity contribution in [3.8, 4) is 0 Å². The highest BCUT2D eigenvalue weighted by Crippen LogP contribution is 2.24. The Morgan fingerprint density at radius 2 is 2.05 bits per heavy atom. The molecule has 0 radical (unpaired) electrons. The van der Waals surface area contributed by atoms with Gasteiger partial charge in [0.1, 0.15) is 0 Å². The Balaban J connectivity index is 1.75. The van der Waals surface area contributed by atoms with Crippen molar-refractivity contribution in [1.82, 2.24) is 4.98 Å². The van der Waals surface area contributed by atoms with Gasteiger partial charge < -0.3 is 10.1 Å². The van der Waals surface area contributed by atoms with Crippen molar-refractivity contribution in [1.29, 1.82) is 0 Å². The lowest BCUT2D eigenvalue weighted by Gasteiger charge is -2.09. The quantitative estimate of drug-likeness (QED) is 0.577. The maximum Gasteiger partial charge on any atom is 0.305 e. The number of unbranched alkanes of at least 4 members (excludes halogenated alkanes) is 3. The summed E-state index contributed by atoms with van der Waals surface area (Å²) in [5, 5.41) is 5.22. The van der Waals surface area contributed by atoms with Crippen LogP contribution in [0.4, 0.5) is 5.69 Å². The molecule has 0 aliphatic carbocycles. The van der Waals surface area contributed by atoms with Crippen LogP contribution >= 0.6 is 11.6 Å². The highest BCUT2D eigenvalue weighted by atomic mass is 35.5. The lowest BCUT2D eigenvalue weighted by molar-refractivity contribution is -0.140. The zero-order valence-electron chi connectivity index (χ0n) is 12.8. The van der Waals surface area contributed by atoms with Gasteiger partial charge in [-0.25, -0.2) is 0 Å². The number of fused-ring (bicyclic) bond motifs is 1. The van der Waals surface area contributed by atoms with Gasteiger partial charge in [0.2, 0.25) is 0 Å². The van der Waals surface area contributed by atoms with E-state index < -0.39 is 0 Å². The van der Waals surface area contributed by atoms with E-state index in [0.29, 0.717) is 11.4 Å². The molecule has 22 heavy (non-hydrogen) atoms. The van der Waals surface area contributed by atoms with Crippen molar-refractivity contribution in [2.24, 2.45) is 0 Å². The van der Waals surface area contributed by atoms with Gasteiger partial charge in [-0.3, -0.25) is 9.78 Å². The molecule has 0 saturated carbocycles. The molecular formula is C17H21ClN2O2. The van der Waals surface area contributed by atoms with E-state index in [1.54, 1.807) is 6.20 Å². The van der Waals surface area contributed by atoms with Crippen molar-refractivity contribution in [3.63, 3.8) is 0 Å². The number of carbonyl (C=O) groups excluding carboxylic acids is 1. The molecule has 118 valence electrons. The molecule has 0 aliphatic rings. The fourth-order valence-electron chi connectivity index (χ4n) is 2.35. The first-order chi connectivity index (χ1) is 10.7. The first-order valence-corrected chi connectivity index (χ1v) is 7.93. The molecule has 0 unspecified atom stereocenters. The van der Waals surface area contributed by atoms with Crippen LogP contribution in [0.1, 0.15) is 32.1 Å².